The van der Waals surface area contributed by atoms with Crippen LogP contribution in [0.4, 0.5) is 0 Å². The second-order valence-electron chi connectivity index (χ2n) is 24.9. The fraction of sp³-hybridized carbons (Fsp3) is 0.828. The molecule has 348 valence electrons. The maximum absolute atomic E-state index is 2.95. The highest BCUT2D eigenvalue weighted by Crippen LogP contribution is 2.50. The summed E-state index contributed by atoms with van der Waals surface area (Å²) in [5.41, 5.74) is 5.99. The van der Waals surface area contributed by atoms with E-state index >= 15 is 0 Å². The molecule has 0 bridgehead atoms. The molecule has 0 amide bonds. The number of rotatable bonds is 18. The first-order chi connectivity index (χ1) is 28.6. The first-order valence-electron chi connectivity index (χ1n) is 26.5. The molecule has 3 atom stereocenters. The Morgan fingerprint density at radius 1 is 0.410 bits per heavy atom. The summed E-state index contributed by atoms with van der Waals surface area (Å²) in [6, 6.07) is 13.4. The van der Waals surface area contributed by atoms with Gasteiger partial charge in [-0.2, -0.15) is 0 Å². The van der Waals surface area contributed by atoms with Crippen LogP contribution in [0, 0.1) is 0 Å². The Hall–Kier alpha value is -1.42. The highest BCUT2D eigenvalue weighted by Gasteiger charge is 2.45. The molecule has 3 fully saturated rings. The Balaban J connectivity index is 1.57. The molecule has 61 heavy (non-hydrogen) atoms. The molecule has 3 saturated heterocycles. The molecule has 0 saturated carbocycles. The van der Waals surface area contributed by atoms with Crippen molar-refractivity contribution in [3.8, 4) is 0 Å². The molecule has 3 nitrogen and oxygen atoms in total. The van der Waals surface area contributed by atoms with Crippen molar-refractivity contribution < 1.29 is 0 Å². The third-order valence-corrected chi connectivity index (χ3v) is 17.1. The van der Waals surface area contributed by atoms with Crippen LogP contribution in [0.2, 0.25) is 0 Å². The molecule has 0 aromatic heterocycles. The van der Waals surface area contributed by atoms with Crippen molar-refractivity contribution in [3.05, 3.63) is 47.0 Å². The lowest BCUT2D eigenvalue weighted by Crippen LogP contribution is -2.54. The predicted molar refractivity (Wildman–Crippen MR) is 271 cm³/mol. The van der Waals surface area contributed by atoms with Gasteiger partial charge in [0.1, 0.15) is 0 Å². The quantitative estimate of drug-likeness (QED) is 0.138. The van der Waals surface area contributed by atoms with Crippen molar-refractivity contribution in [1.82, 2.24) is 14.7 Å². The number of fused-ring (bicyclic) bond motifs is 1. The lowest BCUT2D eigenvalue weighted by molar-refractivity contribution is 0.0171. The van der Waals surface area contributed by atoms with Crippen LogP contribution in [0.1, 0.15) is 273 Å². The molecule has 3 unspecified atom stereocenters. The van der Waals surface area contributed by atoms with E-state index in [4.69, 9.17) is 0 Å². The molecule has 3 heterocycles. The molecule has 5 rings (SSSR count). The number of likely N-dealkylation sites (tertiary alicyclic amines) is 3. The summed E-state index contributed by atoms with van der Waals surface area (Å²) in [6.45, 7) is 41.5. The Bertz CT molecular complexity index is 1660. The molecule has 3 aliphatic heterocycles. The first kappa shape index (κ1) is 50.6. The molecule has 0 radical (unpaired) electrons. The van der Waals surface area contributed by atoms with Crippen LogP contribution in [-0.4, -0.2) is 67.6 Å². The van der Waals surface area contributed by atoms with Crippen LogP contribution >= 0.6 is 0 Å². The highest BCUT2D eigenvalue weighted by atomic mass is 15.3. The SMILES string of the molecule is CCCCCCN1C(C)(C)CCC(c2cc(C3CCC(C)(C)N(CCCCCC)C(C)(C)C3)c3cc(C4CCC(C)(C)N(CCCCCC)C(C)(C)C4)ccc3c2)CC1(C)C. The summed E-state index contributed by atoms with van der Waals surface area (Å²) in [5, 5.41) is 3.07. The summed E-state index contributed by atoms with van der Waals surface area (Å²) in [4.78, 5) is 8.79. The van der Waals surface area contributed by atoms with Crippen molar-refractivity contribution in [1.29, 1.82) is 0 Å². The predicted octanol–water partition coefficient (Wildman–Crippen LogP) is 17.0. The van der Waals surface area contributed by atoms with E-state index < -0.39 is 0 Å². The zero-order valence-electron chi connectivity index (χ0n) is 43.4. The summed E-state index contributed by atoms with van der Waals surface area (Å²) in [6.07, 6.45) is 27.4. The van der Waals surface area contributed by atoms with Gasteiger partial charge in [-0.05, 0) is 225 Å². The minimum Gasteiger partial charge on any atom is -0.293 e. The zero-order chi connectivity index (χ0) is 44.9. The third kappa shape index (κ3) is 12.5. The zero-order valence-corrected chi connectivity index (χ0v) is 43.4. The molecular weight excluding hydrogens is 739 g/mol. The lowest BCUT2D eigenvalue weighted by atomic mass is 9.77. The lowest BCUT2D eigenvalue weighted by Gasteiger charge is -2.48. The second-order valence-corrected chi connectivity index (χ2v) is 24.9. The van der Waals surface area contributed by atoms with E-state index in [-0.39, 0.29) is 33.2 Å². The Kier molecular flexibility index (Phi) is 17.3. The smallest absolute Gasteiger partial charge is 0.0164 e. The van der Waals surface area contributed by atoms with Gasteiger partial charge in [0.25, 0.3) is 0 Å². The van der Waals surface area contributed by atoms with Gasteiger partial charge < -0.3 is 0 Å². The van der Waals surface area contributed by atoms with Gasteiger partial charge in [-0.25, -0.2) is 0 Å². The molecule has 0 aliphatic carbocycles. The van der Waals surface area contributed by atoms with Crippen LogP contribution in [0.3, 0.4) is 0 Å². The van der Waals surface area contributed by atoms with Crippen molar-refractivity contribution in [2.24, 2.45) is 0 Å². The van der Waals surface area contributed by atoms with Crippen LogP contribution in [-0.2, 0) is 0 Å². The number of hydrogen-bond donors (Lipinski definition) is 0. The van der Waals surface area contributed by atoms with Gasteiger partial charge in [-0.1, -0.05) is 109 Å². The molecule has 2 aromatic rings. The summed E-state index contributed by atoms with van der Waals surface area (Å²) in [5.74, 6) is 1.72. The summed E-state index contributed by atoms with van der Waals surface area (Å²) < 4.78 is 0. The normalized spacial score (nSPS) is 26.8. The standard InChI is InChI=1S/C58H101N3/c1-16-19-22-25-36-59-53(4,5)33-30-47(42-56(59,10)11)45-28-29-46-39-50(48-31-34-54(6,7)60(57(12,13)43-48)37-26-23-20-17-2)41-52(51(46)40-45)49-32-35-55(8,9)61(58(14,15)44-49)38-27-24-21-18-3/h28-29,39-41,47-49H,16-27,30-38,42-44H2,1-15H3. The van der Waals surface area contributed by atoms with Crippen LogP contribution in [0.15, 0.2) is 30.3 Å². The molecule has 0 N–H and O–H groups in total. The van der Waals surface area contributed by atoms with Gasteiger partial charge in [0.05, 0.1) is 0 Å². The Morgan fingerprint density at radius 2 is 0.787 bits per heavy atom. The largest absolute Gasteiger partial charge is 0.293 e. The van der Waals surface area contributed by atoms with Gasteiger partial charge in [-0.15, -0.1) is 0 Å². The van der Waals surface area contributed by atoms with E-state index in [0.717, 1.165) is 0 Å². The molecular formula is C58H101N3. The Labute approximate surface area is 380 Å². The van der Waals surface area contributed by atoms with E-state index in [9.17, 15) is 0 Å². The van der Waals surface area contributed by atoms with E-state index in [0.29, 0.717) is 17.8 Å². The van der Waals surface area contributed by atoms with Crippen molar-refractivity contribution in [2.45, 2.75) is 290 Å². The van der Waals surface area contributed by atoms with Crippen LogP contribution in [0.25, 0.3) is 10.8 Å². The molecule has 3 heteroatoms. The van der Waals surface area contributed by atoms with E-state index in [1.54, 1.807) is 22.1 Å². The summed E-state index contributed by atoms with van der Waals surface area (Å²) >= 11 is 0. The molecule has 0 spiro atoms. The minimum absolute atomic E-state index is 0.140. The average molecular weight is 840 g/mol. The monoisotopic (exact) mass is 840 g/mol. The Morgan fingerprint density at radius 3 is 1.20 bits per heavy atom. The number of hydrogen-bond acceptors (Lipinski definition) is 3. The fourth-order valence-electron chi connectivity index (χ4n) is 13.9. The minimum atomic E-state index is 0.140. The number of nitrogens with zero attached hydrogens (tertiary/aromatic N) is 3. The van der Waals surface area contributed by atoms with Crippen LogP contribution in [0.5, 0.6) is 0 Å². The molecule has 3 aliphatic rings. The number of unbranched alkanes of at least 4 members (excludes halogenated alkanes) is 9. The van der Waals surface area contributed by atoms with Gasteiger partial charge in [-0.3, -0.25) is 14.7 Å². The van der Waals surface area contributed by atoms with Gasteiger partial charge in [0.2, 0.25) is 0 Å². The maximum atomic E-state index is 2.95. The van der Waals surface area contributed by atoms with Gasteiger partial charge >= 0.3 is 0 Å². The van der Waals surface area contributed by atoms with Crippen molar-refractivity contribution in [3.63, 3.8) is 0 Å². The maximum Gasteiger partial charge on any atom is 0.0164 e. The molecule has 2 aromatic carbocycles. The average Bonchev–Trinajstić information content (AvgIpc) is 3.38. The fourth-order valence-corrected chi connectivity index (χ4v) is 13.9. The van der Waals surface area contributed by atoms with Gasteiger partial charge in [0, 0.05) is 33.2 Å². The van der Waals surface area contributed by atoms with Crippen molar-refractivity contribution in [2.75, 3.05) is 19.6 Å². The van der Waals surface area contributed by atoms with E-state index in [1.165, 1.54) is 160 Å². The second kappa shape index (κ2) is 20.8. The van der Waals surface area contributed by atoms with Crippen LogP contribution < -0.4 is 0 Å². The third-order valence-electron chi connectivity index (χ3n) is 17.1. The van der Waals surface area contributed by atoms with Crippen molar-refractivity contribution >= 4 is 10.8 Å². The van der Waals surface area contributed by atoms with E-state index in [2.05, 4.69) is 149 Å². The van der Waals surface area contributed by atoms with Gasteiger partial charge in [0.15, 0.2) is 0 Å². The van der Waals surface area contributed by atoms with E-state index in [1.807, 2.05) is 0 Å². The first-order valence-corrected chi connectivity index (χ1v) is 26.5. The highest BCUT2D eigenvalue weighted by molar-refractivity contribution is 5.88. The number of benzene rings is 2. The topological polar surface area (TPSA) is 9.72 Å². The summed E-state index contributed by atoms with van der Waals surface area (Å²) in [7, 11) is 0.